The largest absolute Gasteiger partial charge is 0.504 e. The molecule has 0 aromatic heterocycles. The zero-order valence-electron chi connectivity index (χ0n) is 15.6. The van der Waals surface area contributed by atoms with E-state index in [1.54, 1.807) is 0 Å². The summed E-state index contributed by atoms with van der Waals surface area (Å²) in [5.74, 6) is -1.60. The Morgan fingerprint density at radius 2 is 1.88 bits per heavy atom. The standard InChI is InChI=1S/C21H28O4/c1-12-6-5-7-17-20(12,3)9-8-13(2)21(17,4)11-14-18(24)15(22)10-16(23)19(14)25/h6,10,13,17,22,25H,5,7-9,11H2,1-4H3. The first-order valence-corrected chi connectivity index (χ1v) is 9.20. The SMILES string of the molecule is CC1=CCCC2C1(C)CCC(C)C2(C)CC1=C(O)C(=O)C=C(O)C1=O. The lowest BCUT2D eigenvalue weighted by Crippen LogP contribution is -2.50. The van der Waals surface area contributed by atoms with Gasteiger partial charge in [-0.1, -0.05) is 32.4 Å². The van der Waals surface area contributed by atoms with Gasteiger partial charge in [0.05, 0.1) is 0 Å². The lowest BCUT2D eigenvalue weighted by Gasteiger charge is -2.58. The van der Waals surface area contributed by atoms with Crippen molar-refractivity contribution in [2.75, 3.05) is 0 Å². The Morgan fingerprint density at radius 1 is 1.20 bits per heavy atom. The molecule has 4 unspecified atom stereocenters. The molecule has 25 heavy (non-hydrogen) atoms. The summed E-state index contributed by atoms with van der Waals surface area (Å²) in [6, 6.07) is 0. The van der Waals surface area contributed by atoms with E-state index in [0.717, 1.165) is 31.8 Å². The van der Waals surface area contributed by atoms with Gasteiger partial charge in [-0.3, -0.25) is 9.59 Å². The lowest BCUT2D eigenvalue weighted by molar-refractivity contribution is -0.120. The summed E-state index contributed by atoms with van der Waals surface area (Å²) >= 11 is 0. The van der Waals surface area contributed by atoms with Crippen LogP contribution in [0.4, 0.5) is 0 Å². The van der Waals surface area contributed by atoms with Crippen molar-refractivity contribution in [2.24, 2.45) is 22.7 Å². The maximum absolute atomic E-state index is 12.4. The molecule has 0 radical (unpaired) electrons. The number of fused-ring (bicyclic) bond motifs is 1. The van der Waals surface area contributed by atoms with Crippen LogP contribution in [0.25, 0.3) is 0 Å². The molecule has 0 amide bonds. The number of aliphatic hydroxyl groups excluding tert-OH is 2. The molecule has 0 aromatic carbocycles. The van der Waals surface area contributed by atoms with Gasteiger partial charge in [-0.15, -0.1) is 0 Å². The van der Waals surface area contributed by atoms with Crippen LogP contribution in [0.5, 0.6) is 0 Å². The van der Waals surface area contributed by atoms with E-state index in [1.807, 2.05) is 0 Å². The van der Waals surface area contributed by atoms with Crippen LogP contribution in [0.15, 0.2) is 34.8 Å². The predicted molar refractivity (Wildman–Crippen MR) is 96.1 cm³/mol. The van der Waals surface area contributed by atoms with Crippen molar-refractivity contribution in [1.82, 2.24) is 0 Å². The van der Waals surface area contributed by atoms with E-state index in [4.69, 9.17) is 0 Å². The van der Waals surface area contributed by atoms with Gasteiger partial charge in [-0.05, 0) is 61.7 Å². The fraction of sp³-hybridized carbons (Fsp3) is 0.619. The average molecular weight is 344 g/mol. The number of ketones is 2. The number of carbonyl (C=O) groups is 2. The summed E-state index contributed by atoms with van der Waals surface area (Å²) in [5, 5.41) is 20.0. The van der Waals surface area contributed by atoms with Crippen LogP contribution < -0.4 is 0 Å². The van der Waals surface area contributed by atoms with Crippen molar-refractivity contribution in [1.29, 1.82) is 0 Å². The van der Waals surface area contributed by atoms with Crippen molar-refractivity contribution < 1.29 is 19.8 Å². The molecule has 1 saturated carbocycles. The zero-order valence-corrected chi connectivity index (χ0v) is 15.6. The van der Waals surface area contributed by atoms with Gasteiger partial charge in [0.1, 0.15) is 0 Å². The van der Waals surface area contributed by atoms with Crippen LogP contribution in [0.3, 0.4) is 0 Å². The van der Waals surface area contributed by atoms with Crippen molar-refractivity contribution in [3.05, 3.63) is 34.8 Å². The molecule has 0 spiro atoms. The minimum absolute atomic E-state index is 0.0795. The summed E-state index contributed by atoms with van der Waals surface area (Å²) < 4.78 is 0. The van der Waals surface area contributed by atoms with Gasteiger partial charge in [-0.2, -0.15) is 0 Å². The molecular formula is C21H28O4. The van der Waals surface area contributed by atoms with Crippen LogP contribution in [-0.2, 0) is 9.59 Å². The molecule has 2 N–H and O–H groups in total. The van der Waals surface area contributed by atoms with Gasteiger partial charge >= 0.3 is 0 Å². The maximum Gasteiger partial charge on any atom is 0.227 e. The second-order valence-electron chi connectivity index (χ2n) is 8.61. The first-order chi connectivity index (χ1) is 11.6. The maximum atomic E-state index is 12.4. The Kier molecular flexibility index (Phi) is 4.21. The second kappa shape index (κ2) is 5.86. The van der Waals surface area contributed by atoms with Gasteiger partial charge < -0.3 is 10.2 Å². The molecule has 3 aliphatic rings. The molecule has 4 nitrogen and oxygen atoms in total. The fourth-order valence-corrected chi connectivity index (χ4v) is 5.42. The average Bonchev–Trinajstić information content (AvgIpc) is 2.56. The Bertz CT molecular complexity index is 726. The molecule has 4 heteroatoms. The minimum Gasteiger partial charge on any atom is -0.504 e. The fourth-order valence-electron chi connectivity index (χ4n) is 5.42. The molecule has 0 aromatic rings. The Morgan fingerprint density at radius 3 is 2.56 bits per heavy atom. The third-order valence-electron chi connectivity index (χ3n) is 7.45. The van der Waals surface area contributed by atoms with Gasteiger partial charge in [0.25, 0.3) is 0 Å². The second-order valence-corrected chi connectivity index (χ2v) is 8.61. The molecular weight excluding hydrogens is 316 g/mol. The first kappa shape index (κ1) is 18.0. The molecule has 136 valence electrons. The number of hydrogen-bond acceptors (Lipinski definition) is 4. The molecule has 3 rings (SSSR count). The molecule has 0 aliphatic heterocycles. The van der Waals surface area contributed by atoms with Crippen molar-refractivity contribution in [2.45, 2.75) is 59.8 Å². The zero-order chi connectivity index (χ0) is 18.6. The van der Waals surface area contributed by atoms with Gasteiger partial charge in [-0.25, -0.2) is 0 Å². The van der Waals surface area contributed by atoms with Crippen LogP contribution in [0.1, 0.15) is 59.8 Å². The highest BCUT2D eigenvalue weighted by molar-refractivity contribution is 6.20. The highest BCUT2D eigenvalue weighted by Gasteiger charge is 2.54. The molecule has 4 atom stereocenters. The predicted octanol–water partition coefficient (Wildman–Crippen LogP) is 4.58. The summed E-state index contributed by atoms with van der Waals surface area (Å²) in [6.45, 7) is 8.90. The number of carbonyl (C=O) groups excluding carboxylic acids is 2. The van der Waals surface area contributed by atoms with Crippen LogP contribution in [0, 0.1) is 22.7 Å². The number of Topliss-reactive ketones (excluding diaryl/α,β-unsaturated/α-hetero) is 1. The number of allylic oxidation sites excluding steroid dienone is 4. The third kappa shape index (κ3) is 2.57. The van der Waals surface area contributed by atoms with Gasteiger partial charge in [0, 0.05) is 11.6 Å². The van der Waals surface area contributed by atoms with E-state index in [0.29, 0.717) is 18.3 Å². The quantitative estimate of drug-likeness (QED) is 0.568. The Labute approximate surface area is 149 Å². The van der Waals surface area contributed by atoms with E-state index >= 15 is 0 Å². The summed E-state index contributed by atoms with van der Waals surface area (Å²) in [5.41, 5.74) is 1.37. The highest BCUT2D eigenvalue weighted by atomic mass is 16.3. The summed E-state index contributed by atoms with van der Waals surface area (Å²) in [4.78, 5) is 24.3. The van der Waals surface area contributed by atoms with E-state index < -0.39 is 23.1 Å². The van der Waals surface area contributed by atoms with Crippen molar-refractivity contribution in [3.63, 3.8) is 0 Å². The smallest absolute Gasteiger partial charge is 0.227 e. The van der Waals surface area contributed by atoms with Crippen LogP contribution in [-0.4, -0.2) is 21.8 Å². The van der Waals surface area contributed by atoms with Gasteiger partial charge in [0.15, 0.2) is 11.5 Å². The van der Waals surface area contributed by atoms with Crippen molar-refractivity contribution >= 4 is 11.6 Å². The van der Waals surface area contributed by atoms with Gasteiger partial charge in [0.2, 0.25) is 11.6 Å². The lowest BCUT2D eigenvalue weighted by atomic mass is 9.46. The summed E-state index contributed by atoms with van der Waals surface area (Å²) in [7, 11) is 0. The van der Waals surface area contributed by atoms with Crippen molar-refractivity contribution in [3.8, 4) is 0 Å². The topological polar surface area (TPSA) is 74.6 Å². The third-order valence-corrected chi connectivity index (χ3v) is 7.45. The monoisotopic (exact) mass is 344 g/mol. The molecule has 0 bridgehead atoms. The summed E-state index contributed by atoms with van der Waals surface area (Å²) in [6.07, 6.45) is 7.71. The van der Waals surface area contributed by atoms with Crippen LogP contribution >= 0.6 is 0 Å². The number of hydrogen-bond donors (Lipinski definition) is 2. The molecule has 3 aliphatic carbocycles. The minimum atomic E-state index is -0.679. The van der Waals surface area contributed by atoms with E-state index in [1.165, 1.54) is 5.57 Å². The molecule has 0 heterocycles. The molecule has 0 saturated heterocycles. The Balaban J connectivity index is 2.02. The molecule has 1 fully saturated rings. The number of rotatable bonds is 2. The highest BCUT2D eigenvalue weighted by Crippen LogP contribution is 2.62. The number of aliphatic hydroxyl groups is 2. The van der Waals surface area contributed by atoms with E-state index in [2.05, 4.69) is 33.8 Å². The normalized spacial score (nSPS) is 39.0. The van der Waals surface area contributed by atoms with E-state index in [9.17, 15) is 19.8 Å². The van der Waals surface area contributed by atoms with Crippen LogP contribution in [0.2, 0.25) is 0 Å². The Hall–Kier alpha value is -1.84. The first-order valence-electron chi connectivity index (χ1n) is 9.20. The van der Waals surface area contributed by atoms with E-state index in [-0.39, 0.29) is 16.4 Å².